The van der Waals surface area contributed by atoms with Crippen LogP contribution in [0.3, 0.4) is 0 Å². The summed E-state index contributed by atoms with van der Waals surface area (Å²) in [4.78, 5) is 22.2. The molecule has 5 nitrogen and oxygen atoms in total. The third kappa shape index (κ3) is 3.71. The van der Waals surface area contributed by atoms with E-state index in [-0.39, 0.29) is 11.7 Å². The highest BCUT2D eigenvalue weighted by Gasteiger charge is 2.50. The van der Waals surface area contributed by atoms with Gasteiger partial charge in [0.1, 0.15) is 11.4 Å². The Morgan fingerprint density at radius 2 is 1.81 bits per heavy atom. The molecular formula is C24H25FN4OS. The van der Waals surface area contributed by atoms with E-state index in [1.165, 1.54) is 11.0 Å². The fourth-order valence-corrected chi connectivity index (χ4v) is 4.87. The molecule has 4 rings (SSSR count). The zero-order valence-corrected chi connectivity index (χ0v) is 18.8. The standard InChI is InChI=1S/C24H25FN4OS/c1-16-13-18(9-10-21(16)26-4)28-22(30)24(2,3)29(23(28)31)19-8-7-17(20(25)14-19)15-27-11-5-6-12-27/h7-10,13-14H,5-6,11-12,15H2,1-3H3. The molecule has 2 aliphatic heterocycles. The maximum Gasteiger partial charge on any atom is 0.259 e. The van der Waals surface area contributed by atoms with Gasteiger partial charge >= 0.3 is 0 Å². The molecule has 0 N–H and O–H groups in total. The Bertz CT molecular complexity index is 1100. The van der Waals surface area contributed by atoms with Crippen LogP contribution in [0.25, 0.3) is 4.85 Å². The van der Waals surface area contributed by atoms with Crippen molar-refractivity contribution in [2.45, 2.75) is 45.7 Å². The van der Waals surface area contributed by atoms with Gasteiger partial charge in [-0.25, -0.2) is 9.24 Å². The fourth-order valence-electron chi connectivity index (χ4n) is 4.35. The number of anilines is 2. The maximum atomic E-state index is 15.0. The van der Waals surface area contributed by atoms with Gasteiger partial charge in [-0.2, -0.15) is 0 Å². The van der Waals surface area contributed by atoms with Gasteiger partial charge in [0.25, 0.3) is 5.91 Å². The molecule has 0 aromatic heterocycles. The Kier molecular flexibility index (Phi) is 5.54. The summed E-state index contributed by atoms with van der Waals surface area (Å²) in [6.45, 7) is 15.2. The number of nitrogens with zero attached hydrogens (tertiary/aromatic N) is 4. The van der Waals surface area contributed by atoms with E-state index in [4.69, 9.17) is 18.8 Å². The first kappa shape index (κ1) is 21.4. The number of halogens is 1. The van der Waals surface area contributed by atoms with Crippen LogP contribution >= 0.6 is 12.2 Å². The zero-order chi connectivity index (χ0) is 22.3. The quantitative estimate of drug-likeness (QED) is 0.487. The topological polar surface area (TPSA) is 31.2 Å². The van der Waals surface area contributed by atoms with Gasteiger partial charge < -0.3 is 4.90 Å². The van der Waals surface area contributed by atoms with E-state index >= 15 is 0 Å². The first-order valence-electron chi connectivity index (χ1n) is 10.4. The van der Waals surface area contributed by atoms with E-state index in [1.807, 2.05) is 13.0 Å². The van der Waals surface area contributed by atoms with Crippen LogP contribution in [-0.4, -0.2) is 34.5 Å². The number of benzene rings is 2. The van der Waals surface area contributed by atoms with Gasteiger partial charge in [0.15, 0.2) is 10.8 Å². The third-order valence-electron chi connectivity index (χ3n) is 6.11. The number of likely N-dealkylation sites (tertiary alicyclic amines) is 1. The Balaban J connectivity index is 1.66. The second kappa shape index (κ2) is 8.03. The van der Waals surface area contributed by atoms with Gasteiger partial charge in [-0.15, -0.1) is 0 Å². The van der Waals surface area contributed by atoms with Gasteiger partial charge in [0.05, 0.1) is 6.57 Å². The van der Waals surface area contributed by atoms with Crippen molar-refractivity contribution in [3.05, 3.63) is 64.8 Å². The van der Waals surface area contributed by atoms with Crippen molar-refractivity contribution in [3.8, 4) is 0 Å². The fraction of sp³-hybridized carbons (Fsp3) is 0.375. The van der Waals surface area contributed by atoms with Crippen LogP contribution in [0.2, 0.25) is 0 Å². The summed E-state index contributed by atoms with van der Waals surface area (Å²) in [6.07, 6.45) is 2.31. The van der Waals surface area contributed by atoms with Crippen molar-refractivity contribution in [1.29, 1.82) is 0 Å². The molecule has 0 atom stereocenters. The van der Waals surface area contributed by atoms with Gasteiger partial charge in [-0.1, -0.05) is 12.1 Å². The largest absolute Gasteiger partial charge is 0.303 e. The normalized spacial score (nSPS) is 18.7. The average Bonchev–Trinajstić information content (AvgIpc) is 3.29. The van der Waals surface area contributed by atoms with Crippen molar-refractivity contribution in [1.82, 2.24) is 4.90 Å². The number of hydrogen-bond acceptors (Lipinski definition) is 3. The second-order valence-corrected chi connectivity index (χ2v) is 9.02. The number of amides is 1. The van der Waals surface area contributed by atoms with Crippen LogP contribution in [0, 0.1) is 19.3 Å². The molecule has 7 heteroatoms. The summed E-state index contributed by atoms with van der Waals surface area (Å²) >= 11 is 5.69. The third-order valence-corrected chi connectivity index (χ3v) is 6.48. The molecule has 2 saturated heterocycles. The van der Waals surface area contributed by atoms with Crippen LogP contribution in [0.5, 0.6) is 0 Å². The van der Waals surface area contributed by atoms with E-state index < -0.39 is 5.54 Å². The molecule has 2 aromatic carbocycles. The molecule has 0 bridgehead atoms. The van der Waals surface area contributed by atoms with Crippen molar-refractivity contribution >= 4 is 40.3 Å². The molecule has 2 aromatic rings. The van der Waals surface area contributed by atoms with Gasteiger partial charge in [-0.05, 0) is 88.7 Å². The van der Waals surface area contributed by atoms with Crippen LogP contribution in [0.4, 0.5) is 21.5 Å². The Hall–Kier alpha value is -2.82. The number of carbonyl (C=O) groups excluding carboxylic acids is 1. The molecule has 0 saturated carbocycles. The first-order valence-corrected chi connectivity index (χ1v) is 10.8. The second-order valence-electron chi connectivity index (χ2n) is 8.66. The van der Waals surface area contributed by atoms with Gasteiger partial charge in [0, 0.05) is 23.5 Å². The Labute approximate surface area is 187 Å². The lowest BCUT2D eigenvalue weighted by atomic mass is 10.0. The van der Waals surface area contributed by atoms with Crippen LogP contribution in [0.1, 0.15) is 37.8 Å². The first-order chi connectivity index (χ1) is 14.7. The van der Waals surface area contributed by atoms with Crippen molar-refractivity contribution in [3.63, 3.8) is 0 Å². The van der Waals surface area contributed by atoms with Crippen LogP contribution in [0.15, 0.2) is 36.4 Å². The molecule has 31 heavy (non-hydrogen) atoms. The number of thiocarbonyl (C=S) groups is 1. The molecule has 2 aliphatic rings. The van der Waals surface area contributed by atoms with E-state index in [1.54, 1.807) is 43.0 Å². The summed E-state index contributed by atoms with van der Waals surface area (Å²) in [5.74, 6) is -0.472. The molecule has 160 valence electrons. The number of rotatable bonds is 4. The maximum absolute atomic E-state index is 15.0. The van der Waals surface area contributed by atoms with Gasteiger partial charge in [-0.3, -0.25) is 14.6 Å². The Morgan fingerprint density at radius 1 is 1.13 bits per heavy atom. The van der Waals surface area contributed by atoms with Crippen LogP contribution < -0.4 is 9.80 Å². The van der Waals surface area contributed by atoms with E-state index in [9.17, 15) is 9.18 Å². The number of carbonyl (C=O) groups is 1. The highest BCUT2D eigenvalue weighted by Crippen LogP contribution is 2.38. The molecule has 0 radical (unpaired) electrons. The minimum atomic E-state index is -0.966. The molecule has 2 fully saturated rings. The molecule has 2 heterocycles. The zero-order valence-electron chi connectivity index (χ0n) is 18.0. The molecule has 0 spiro atoms. The SMILES string of the molecule is [C-]#[N+]c1ccc(N2C(=O)C(C)(C)N(c3ccc(CN4CCCC4)c(F)c3)C2=S)cc1C. The molecule has 0 unspecified atom stereocenters. The lowest BCUT2D eigenvalue weighted by molar-refractivity contribution is -0.120. The monoisotopic (exact) mass is 436 g/mol. The van der Waals surface area contributed by atoms with E-state index in [0.717, 1.165) is 31.5 Å². The summed E-state index contributed by atoms with van der Waals surface area (Å²) in [5, 5.41) is 0.302. The van der Waals surface area contributed by atoms with Crippen molar-refractivity contribution < 1.29 is 9.18 Å². The minimum absolute atomic E-state index is 0.186. The minimum Gasteiger partial charge on any atom is -0.303 e. The van der Waals surface area contributed by atoms with Crippen molar-refractivity contribution in [2.24, 2.45) is 0 Å². The summed E-state index contributed by atoms with van der Waals surface area (Å²) in [7, 11) is 0. The highest BCUT2D eigenvalue weighted by molar-refractivity contribution is 7.81. The van der Waals surface area contributed by atoms with Gasteiger partial charge in [0.2, 0.25) is 0 Å². The van der Waals surface area contributed by atoms with E-state index in [0.29, 0.717) is 34.3 Å². The average molecular weight is 437 g/mol. The lowest BCUT2D eigenvalue weighted by Crippen LogP contribution is -2.44. The summed E-state index contributed by atoms with van der Waals surface area (Å²) < 4.78 is 15.0. The van der Waals surface area contributed by atoms with Crippen LogP contribution in [-0.2, 0) is 11.3 Å². The molecule has 0 aliphatic carbocycles. The number of aryl methyl sites for hydroxylation is 1. The predicted molar refractivity (Wildman–Crippen MR) is 125 cm³/mol. The Morgan fingerprint density at radius 3 is 2.42 bits per heavy atom. The summed E-state index contributed by atoms with van der Waals surface area (Å²) in [6, 6.07) is 10.3. The smallest absolute Gasteiger partial charge is 0.259 e. The predicted octanol–water partition coefficient (Wildman–Crippen LogP) is 5.20. The highest BCUT2D eigenvalue weighted by atomic mass is 32.1. The molecule has 1 amide bonds. The lowest BCUT2D eigenvalue weighted by Gasteiger charge is -2.29. The number of hydrogen-bond donors (Lipinski definition) is 0. The molecular weight excluding hydrogens is 411 g/mol. The van der Waals surface area contributed by atoms with Crippen molar-refractivity contribution in [2.75, 3.05) is 22.9 Å². The summed E-state index contributed by atoms with van der Waals surface area (Å²) in [5.41, 5.74) is 2.17. The van der Waals surface area contributed by atoms with E-state index in [2.05, 4.69) is 9.74 Å².